The SMILES string of the molecule is Cc1cc(C)c(C)c(C2(CC#N)COC2)c1C. The summed E-state index contributed by atoms with van der Waals surface area (Å²) < 4.78 is 5.38. The third kappa shape index (κ3) is 1.75. The number of hydrogen-bond donors (Lipinski definition) is 0. The summed E-state index contributed by atoms with van der Waals surface area (Å²) in [4.78, 5) is 0. The Morgan fingerprint density at radius 2 is 1.71 bits per heavy atom. The van der Waals surface area contributed by atoms with E-state index in [1.807, 2.05) is 0 Å². The van der Waals surface area contributed by atoms with Crippen molar-refractivity contribution in [3.8, 4) is 6.07 Å². The van der Waals surface area contributed by atoms with Crippen molar-refractivity contribution in [2.75, 3.05) is 13.2 Å². The summed E-state index contributed by atoms with van der Waals surface area (Å²) in [5, 5.41) is 9.04. The molecular formula is C15H19NO. The van der Waals surface area contributed by atoms with E-state index >= 15 is 0 Å². The topological polar surface area (TPSA) is 33.0 Å². The lowest BCUT2D eigenvalue weighted by Gasteiger charge is -2.42. The summed E-state index contributed by atoms with van der Waals surface area (Å²) in [6, 6.07) is 4.55. The minimum absolute atomic E-state index is 0.0559. The number of benzene rings is 1. The Morgan fingerprint density at radius 1 is 1.18 bits per heavy atom. The molecule has 1 aliphatic heterocycles. The maximum absolute atomic E-state index is 9.04. The lowest BCUT2D eigenvalue weighted by molar-refractivity contribution is -0.0583. The summed E-state index contributed by atoms with van der Waals surface area (Å²) >= 11 is 0. The van der Waals surface area contributed by atoms with Gasteiger partial charge in [0.05, 0.1) is 24.7 Å². The van der Waals surface area contributed by atoms with Crippen LogP contribution in [-0.2, 0) is 10.2 Å². The lowest BCUT2D eigenvalue weighted by atomic mass is 9.71. The van der Waals surface area contributed by atoms with Crippen molar-refractivity contribution in [2.24, 2.45) is 0 Å². The first-order valence-corrected chi connectivity index (χ1v) is 6.04. The van der Waals surface area contributed by atoms with Gasteiger partial charge in [0.25, 0.3) is 0 Å². The highest BCUT2D eigenvalue weighted by atomic mass is 16.5. The van der Waals surface area contributed by atoms with Gasteiger partial charge in [-0.3, -0.25) is 0 Å². The third-order valence-electron chi connectivity index (χ3n) is 4.07. The number of hydrogen-bond acceptors (Lipinski definition) is 2. The van der Waals surface area contributed by atoms with Gasteiger partial charge in [-0.05, 0) is 55.5 Å². The Kier molecular flexibility index (Phi) is 2.97. The molecule has 0 bridgehead atoms. The average molecular weight is 229 g/mol. The van der Waals surface area contributed by atoms with Crippen LogP contribution in [0.25, 0.3) is 0 Å². The van der Waals surface area contributed by atoms with E-state index in [9.17, 15) is 0 Å². The van der Waals surface area contributed by atoms with E-state index in [4.69, 9.17) is 10.00 Å². The Hall–Kier alpha value is -1.33. The zero-order chi connectivity index (χ0) is 12.6. The van der Waals surface area contributed by atoms with E-state index in [-0.39, 0.29) is 5.41 Å². The molecule has 2 rings (SSSR count). The lowest BCUT2D eigenvalue weighted by Crippen LogP contribution is -2.47. The van der Waals surface area contributed by atoms with Crippen LogP contribution in [0.5, 0.6) is 0 Å². The van der Waals surface area contributed by atoms with Crippen molar-refractivity contribution < 1.29 is 4.74 Å². The van der Waals surface area contributed by atoms with Gasteiger partial charge in [-0.1, -0.05) is 6.07 Å². The van der Waals surface area contributed by atoms with Crippen LogP contribution in [0.15, 0.2) is 6.07 Å². The molecule has 90 valence electrons. The second kappa shape index (κ2) is 4.16. The largest absolute Gasteiger partial charge is 0.379 e. The molecule has 1 saturated heterocycles. The predicted molar refractivity (Wildman–Crippen MR) is 68.1 cm³/mol. The fraction of sp³-hybridized carbons (Fsp3) is 0.533. The molecule has 1 aromatic carbocycles. The van der Waals surface area contributed by atoms with Gasteiger partial charge >= 0.3 is 0 Å². The van der Waals surface area contributed by atoms with Gasteiger partial charge in [0.15, 0.2) is 0 Å². The van der Waals surface area contributed by atoms with E-state index in [0.717, 1.165) is 0 Å². The summed E-state index contributed by atoms with van der Waals surface area (Å²) in [5.74, 6) is 0. The van der Waals surface area contributed by atoms with Gasteiger partial charge in [0.1, 0.15) is 0 Å². The number of aryl methyl sites for hydroxylation is 2. The number of rotatable bonds is 2. The number of nitrogens with zero attached hydrogens (tertiary/aromatic N) is 1. The average Bonchev–Trinajstić information content (AvgIpc) is 2.23. The highest BCUT2D eigenvalue weighted by molar-refractivity contribution is 5.49. The Bertz CT molecular complexity index is 466. The molecule has 0 spiro atoms. The van der Waals surface area contributed by atoms with Crippen molar-refractivity contribution in [3.05, 3.63) is 33.9 Å². The second-order valence-electron chi connectivity index (χ2n) is 5.24. The van der Waals surface area contributed by atoms with E-state index < -0.39 is 0 Å². The zero-order valence-corrected chi connectivity index (χ0v) is 11.1. The van der Waals surface area contributed by atoms with E-state index in [0.29, 0.717) is 19.6 Å². The van der Waals surface area contributed by atoms with Crippen molar-refractivity contribution in [1.82, 2.24) is 0 Å². The van der Waals surface area contributed by atoms with Gasteiger partial charge in [0, 0.05) is 6.42 Å². The van der Waals surface area contributed by atoms with Crippen molar-refractivity contribution in [1.29, 1.82) is 5.26 Å². The molecule has 1 fully saturated rings. The molecule has 0 saturated carbocycles. The fourth-order valence-electron chi connectivity index (χ4n) is 2.85. The van der Waals surface area contributed by atoms with Crippen LogP contribution in [0, 0.1) is 39.0 Å². The fourth-order valence-corrected chi connectivity index (χ4v) is 2.85. The summed E-state index contributed by atoms with van der Waals surface area (Å²) in [7, 11) is 0. The van der Waals surface area contributed by atoms with Crippen LogP contribution in [0.1, 0.15) is 34.2 Å². The molecule has 17 heavy (non-hydrogen) atoms. The Morgan fingerprint density at radius 3 is 2.06 bits per heavy atom. The predicted octanol–water partition coefficient (Wildman–Crippen LogP) is 3.10. The van der Waals surface area contributed by atoms with Crippen LogP contribution in [0.4, 0.5) is 0 Å². The van der Waals surface area contributed by atoms with E-state index in [1.54, 1.807) is 0 Å². The molecule has 0 unspecified atom stereocenters. The molecule has 2 nitrogen and oxygen atoms in total. The minimum atomic E-state index is -0.0559. The smallest absolute Gasteiger partial charge is 0.0632 e. The van der Waals surface area contributed by atoms with Crippen LogP contribution in [0.3, 0.4) is 0 Å². The van der Waals surface area contributed by atoms with Crippen molar-refractivity contribution >= 4 is 0 Å². The molecule has 2 heteroatoms. The molecule has 0 radical (unpaired) electrons. The first kappa shape index (κ1) is 12.1. The quantitative estimate of drug-likeness (QED) is 0.780. The molecule has 1 aromatic rings. The van der Waals surface area contributed by atoms with Gasteiger partial charge in [-0.15, -0.1) is 0 Å². The second-order valence-corrected chi connectivity index (χ2v) is 5.24. The molecule has 1 aliphatic rings. The third-order valence-corrected chi connectivity index (χ3v) is 4.07. The molecule has 0 atom stereocenters. The maximum Gasteiger partial charge on any atom is 0.0632 e. The normalized spacial score (nSPS) is 17.4. The molecule has 0 amide bonds. The van der Waals surface area contributed by atoms with Crippen LogP contribution in [0.2, 0.25) is 0 Å². The first-order valence-electron chi connectivity index (χ1n) is 6.04. The van der Waals surface area contributed by atoms with Gasteiger partial charge < -0.3 is 4.74 Å². The first-order chi connectivity index (χ1) is 8.02. The van der Waals surface area contributed by atoms with Crippen molar-refractivity contribution in [3.63, 3.8) is 0 Å². The standard InChI is InChI=1S/C15H19NO/c1-10-7-11(2)13(4)14(12(10)3)15(5-6-16)8-17-9-15/h7H,5,8-9H2,1-4H3. The summed E-state index contributed by atoms with van der Waals surface area (Å²) in [6.07, 6.45) is 0.553. The highest BCUT2D eigenvalue weighted by Gasteiger charge is 2.42. The Labute approximate surface area is 103 Å². The summed E-state index contributed by atoms with van der Waals surface area (Å²) in [6.45, 7) is 9.98. The van der Waals surface area contributed by atoms with Crippen LogP contribution < -0.4 is 0 Å². The Balaban J connectivity index is 2.62. The molecular weight excluding hydrogens is 210 g/mol. The van der Waals surface area contributed by atoms with E-state index in [1.165, 1.54) is 27.8 Å². The molecule has 0 aliphatic carbocycles. The van der Waals surface area contributed by atoms with Gasteiger partial charge in [-0.2, -0.15) is 5.26 Å². The monoisotopic (exact) mass is 229 g/mol. The van der Waals surface area contributed by atoms with Crippen molar-refractivity contribution in [2.45, 2.75) is 39.5 Å². The zero-order valence-electron chi connectivity index (χ0n) is 11.1. The molecule has 0 N–H and O–H groups in total. The number of ether oxygens (including phenoxy) is 1. The minimum Gasteiger partial charge on any atom is -0.379 e. The van der Waals surface area contributed by atoms with Crippen LogP contribution >= 0.6 is 0 Å². The molecule has 1 heterocycles. The highest BCUT2D eigenvalue weighted by Crippen LogP contribution is 2.40. The molecule has 0 aromatic heterocycles. The van der Waals surface area contributed by atoms with Crippen LogP contribution in [-0.4, -0.2) is 13.2 Å². The summed E-state index contributed by atoms with van der Waals surface area (Å²) in [5.41, 5.74) is 6.57. The number of nitriles is 1. The van der Waals surface area contributed by atoms with E-state index in [2.05, 4.69) is 39.8 Å². The maximum atomic E-state index is 9.04. The van der Waals surface area contributed by atoms with Gasteiger partial charge in [0.2, 0.25) is 0 Å². The van der Waals surface area contributed by atoms with Gasteiger partial charge in [-0.25, -0.2) is 0 Å².